The predicted molar refractivity (Wildman–Crippen MR) is 70.3 cm³/mol. The van der Waals surface area contributed by atoms with E-state index >= 15 is 0 Å². The second-order valence-electron chi connectivity index (χ2n) is 4.85. The van der Waals surface area contributed by atoms with E-state index in [2.05, 4.69) is 50.1 Å². The van der Waals surface area contributed by atoms with Crippen molar-refractivity contribution in [1.82, 2.24) is 4.90 Å². The first kappa shape index (κ1) is 13.2. The Morgan fingerprint density at radius 3 is 2.44 bits per heavy atom. The van der Waals surface area contributed by atoms with Gasteiger partial charge in [0, 0.05) is 6.54 Å². The average Bonchev–Trinajstić information content (AvgIpc) is 2.29. The highest BCUT2D eigenvalue weighted by molar-refractivity contribution is 5.21. The smallest absolute Gasteiger partial charge is 0.0230 e. The molecule has 2 N–H and O–H groups in total. The van der Waals surface area contributed by atoms with Crippen molar-refractivity contribution in [2.75, 3.05) is 20.1 Å². The van der Waals surface area contributed by atoms with Gasteiger partial charge in [0.05, 0.1) is 0 Å². The molecule has 2 nitrogen and oxygen atoms in total. The first-order valence-corrected chi connectivity index (χ1v) is 6.06. The standard InChI is InChI=1S/C14H24N2/c1-12-4-6-14(7-5-12)11-16(3)9-8-13(2)10-15/h4-7,13H,8-11,15H2,1-3H3. The minimum Gasteiger partial charge on any atom is -0.330 e. The van der Waals surface area contributed by atoms with Crippen LogP contribution < -0.4 is 5.73 Å². The fourth-order valence-corrected chi connectivity index (χ4v) is 1.64. The van der Waals surface area contributed by atoms with E-state index in [0.717, 1.165) is 19.6 Å². The third kappa shape index (κ3) is 4.77. The van der Waals surface area contributed by atoms with Crippen LogP contribution in [0.3, 0.4) is 0 Å². The molecule has 0 aromatic heterocycles. The lowest BCUT2D eigenvalue weighted by atomic mass is 10.1. The van der Waals surface area contributed by atoms with E-state index in [1.54, 1.807) is 0 Å². The number of benzene rings is 1. The Morgan fingerprint density at radius 2 is 1.88 bits per heavy atom. The van der Waals surface area contributed by atoms with Crippen molar-refractivity contribution in [3.05, 3.63) is 35.4 Å². The molecule has 0 bridgehead atoms. The number of nitrogens with two attached hydrogens (primary N) is 1. The summed E-state index contributed by atoms with van der Waals surface area (Å²) in [5.41, 5.74) is 8.31. The summed E-state index contributed by atoms with van der Waals surface area (Å²) < 4.78 is 0. The van der Waals surface area contributed by atoms with Gasteiger partial charge in [-0.3, -0.25) is 0 Å². The maximum Gasteiger partial charge on any atom is 0.0230 e. The molecule has 0 aliphatic rings. The van der Waals surface area contributed by atoms with Crippen LogP contribution in [0.25, 0.3) is 0 Å². The predicted octanol–water partition coefficient (Wildman–Crippen LogP) is 2.41. The van der Waals surface area contributed by atoms with Crippen LogP contribution in [-0.4, -0.2) is 25.0 Å². The van der Waals surface area contributed by atoms with E-state index in [1.807, 2.05) is 0 Å². The first-order chi connectivity index (χ1) is 7.61. The van der Waals surface area contributed by atoms with Gasteiger partial charge in [-0.2, -0.15) is 0 Å². The highest BCUT2D eigenvalue weighted by Gasteiger charge is 2.03. The van der Waals surface area contributed by atoms with Crippen LogP contribution in [0, 0.1) is 12.8 Å². The molecule has 0 aliphatic heterocycles. The van der Waals surface area contributed by atoms with Crippen LogP contribution >= 0.6 is 0 Å². The summed E-state index contributed by atoms with van der Waals surface area (Å²) in [4.78, 5) is 2.36. The van der Waals surface area contributed by atoms with Crippen molar-refractivity contribution >= 4 is 0 Å². The molecule has 0 amide bonds. The second-order valence-corrected chi connectivity index (χ2v) is 4.85. The summed E-state index contributed by atoms with van der Waals surface area (Å²) in [6, 6.07) is 8.76. The highest BCUT2D eigenvalue weighted by Crippen LogP contribution is 2.07. The normalized spacial score (nSPS) is 13.1. The van der Waals surface area contributed by atoms with Gasteiger partial charge in [-0.1, -0.05) is 36.8 Å². The van der Waals surface area contributed by atoms with E-state index in [0.29, 0.717) is 5.92 Å². The number of aryl methyl sites for hydroxylation is 1. The van der Waals surface area contributed by atoms with Gasteiger partial charge < -0.3 is 10.6 Å². The fourth-order valence-electron chi connectivity index (χ4n) is 1.64. The average molecular weight is 220 g/mol. The minimum atomic E-state index is 0.625. The molecule has 0 radical (unpaired) electrons. The summed E-state index contributed by atoms with van der Waals surface area (Å²) in [7, 11) is 2.17. The van der Waals surface area contributed by atoms with Crippen LogP contribution in [0.5, 0.6) is 0 Å². The molecule has 0 heterocycles. The molecular weight excluding hydrogens is 196 g/mol. The molecule has 1 unspecified atom stereocenters. The minimum absolute atomic E-state index is 0.625. The van der Waals surface area contributed by atoms with Gasteiger partial charge in [0.25, 0.3) is 0 Å². The van der Waals surface area contributed by atoms with Crippen LogP contribution in [0.4, 0.5) is 0 Å². The Hall–Kier alpha value is -0.860. The van der Waals surface area contributed by atoms with Crippen LogP contribution in [-0.2, 0) is 6.54 Å². The quantitative estimate of drug-likeness (QED) is 0.797. The molecular formula is C14H24N2. The molecule has 16 heavy (non-hydrogen) atoms. The van der Waals surface area contributed by atoms with Crippen LogP contribution in [0.1, 0.15) is 24.5 Å². The number of nitrogens with zero attached hydrogens (tertiary/aromatic N) is 1. The Morgan fingerprint density at radius 1 is 1.25 bits per heavy atom. The van der Waals surface area contributed by atoms with Crippen molar-refractivity contribution in [2.24, 2.45) is 11.7 Å². The number of rotatable bonds is 6. The topological polar surface area (TPSA) is 29.3 Å². The van der Waals surface area contributed by atoms with E-state index in [-0.39, 0.29) is 0 Å². The molecule has 0 fully saturated rings. The van der Waals surface area contributed by atoms with Crippen molar-refractivity contribution in [3.8, 4) is 0 Å². The van der Waals surface area contributed by atoms with E-state index < -0.39 is 0 Å². The summed E-state index contributed by atoms with van der Waals surface area (Å²) in [6.45, 7) is 7.26. The Bertz CT molecular complexity index is 292. The van der Waals surface area contributed by atoms with E-state index in [4.69, 9.17) is 5.73 Å². The number of hydrogen-bond donors (Lipinski definition) is 1. The summed E-state index contributed by atoms with van der Waals surface area (Å²) in [5.74, 6) is 0.625. The zero-order valence-corrected chi connectivity index (χ0v) is 10.7. The molecule has 1 atom stereocenters. The Labute approximate surface area is 99.5 Å². The second kappa shape index (κ2) is 6.66. The lowest BCUT2D eigenvalue weighted by Crippen LogP contribution is -2.23. The molecule has 90 valence electrons. The van der Waals surface area contributed by atoms with Gasteiger partial charge in [-0.15, -0.1) is 0 Å². The molecule has 0 saturated heterocycles. The van der Waals surface area contributed by atoms with Crippen molar-refractivity contribution in [1.29, 1.82) is 0 Å². The Balaban J connectivity index is 2.33. The van der Waals surface area contributed by atoms with Gasteiger partial charge in [0.1, 0.15) is 0 Å². The van der Waals surface area contributed by atoms with Crippen LogP contribution in [0.2, 0.25) is 0 Å². The Kier molecular flexibility index (Phi) is 5.50. The summed E-state index contributed by atoms with van der Waals surface area (Å²) in [5, 5.41) is 0. The van der Waals surface area contributed by atoms with Crippen molar-refractivity contribution in [3.63, 3.8) is 0 Å². The number of hydrogen-bond acceptors (Lipinski definition) is 2. The maximum absolute atomic E-state index is 5.61. The summed E-state index contributed by atoms with van der Waals surface area (Å²) in [6.07, 6.45) is 1.18. The third-order valence-corrected chi connectivity index (χ3v) is 2.98. The molecule has 1 aromatic carbocycles. The molecule has 0 aliphatic carbocycles. The molecule has 2 heteroatoms. The van der Waals surface area contributed by atoms with Crippen molar-refractivity contribution in [2.45, 2.75) is 26.8 Å². The SMILES string of the molecule is Cc1ccc(CN(C)CCC(C)CN)cc1. The molecule has 1 aromatic rings. The zero-order chi connectivity index (χ0) is 12.0. The van der Waals surface area contributed by atoms with Gasteiger partial charge in [-0.05, 0) is 45.0 Å². The fraction of sp³-hybridized carbons (Fsp3) is 0.571. The highest BCUT2D eigenvalue weighted by atomic mass is 15.1. The van der Waals surface area contributed by atoms with Gasteiger partial charge in [-0.25, -0.2) is 0 Å². The van der Waals surface area contributed by atoms with Gasteiger partial charge in [0.2, 0.25) is 0 Å². The lowest BCUT2D eigenvalue weighted by Gasteiger charge is -2.18. The largest absolute Gasteiger partial charge is 0.330 e. The zero-order valence-electron chi connectivity index (χ0n) is 10.7. The van der Waals surface area contributed by atoms with Gasteiger partial charge in [0.15, 0.2) is 0 Å². The molecule has 0 spiro atoms. The van der Waals surface area contributed by atoms with E-state index in [9.17, 15) is 0 Å². The van der Waals surface area contributed by atoms with Gasteiger partial charge >= 0.3 is 0 Å². The van der Waals surface area contributed by atoms with E-state index in [1.165, 1.54) is 17.5 Å². The molecule has 1 rings (SSSR count). The first-order valence-electron chi connectivity index (χ1n) is 6.06. The van der Waals surface area contributed by atoms with Crippen LogP contribution in [0.15, 0.2) is 24.3 Å². The van der Waals surface area contributed by atoms with Crippen molar-refractivity contribution < 1.29 is 0 Å². The molecule has 0 saturated carbocycles. The maximum atomic E-state index is 5.61. The summed E-state index contributed by atoms with van der Waals surface area (Å²) >= 11 is 0. The monoisotopic (exact) mass is 220 g/mol. The third-order valence-electron chi connectivity index (χ3n) is 2.98. The lowest BCUT2D eigenvalue weighted by molar-refractivity contribution is 0.300.